The van der Waals surface area contributed by atoms with Gasteiger partial charge in [0.25, 0.3) is 0 Å². The van der Waals surface area contributed by atoms with Crippen LogP contribution < -0.4 is 20.1 Å². The lowest BCUT2D eigenvalue weighted by Gasteiger charge is -2.24. The Morgan fingerprint density at radius 2 is 2.00 bits per heavy atom. The van der Waals surface area contributed by atoms with Crippen LogP contribution in [0.5, 0.6) is 11.5 Å². The average molecular weight is 519 g/mol. The van der Waals surface area contributed by atoms with Crippen LogP contribution >= 0.6 is 35.3 Å². The first kappa shape index (κ1) is 24.5. The maximum Gasteiger partial charge on any atom is 0.191 e. The maximum atomic E-state index is 10.7. The van der Waals surface area contributed by atoms with E-state index in [0.717, 1.165) is 23.4 Å². The van der Waals surface area contributed by atoms with Crippen LogP contribution in [0.15, 0.2) is 40.0 Å². The molecule has 1 heterocycles. The van der Waals surface area contributed by atoms with Gasteiger partial charge in [0.15, 0.2) is 17.5 Å². The van der Waals surface area contributed by atoms with Crippen LogP contribution in [0.2, 0.25) is 0 Å². The van der Waals surface area contributed by atoms with Crippen molar-refractivity contribution in [3.05, 3.63) is 46.2 Å². The summed E-state index contributed by atoms with van der Waals surface area (Å²) in [5, 5.41) is 21.0. The smallest absolute Gasteiger partial charge is 0.191 e. The molecule has 8 heteroatoms. The van der Waals surface area contributed by atoms with Gasteiger partial charge in [0, 0.05) is 6.54 Å². The van der Waals surface area contributed by atoms with Gasteiger partial charge in [-0.25, -0.2) is 4.99 Å². The Bertz CT molecular complexity index is 736. The molecule has 2 rings (SSSR count). The summed E-state index contributed by atoms with van der Waals surface area (Å²) in [5.41, 5.74) is 0.947. The van der Waals surface area contributed by atoms with Crippen molar-refractivity contribution in [1.29, 1.82) is 0 Å². The van der Waals surface area contributed by atoms with E-state index in [1.165, 1.54) is 0 Å². The Kier molecular flexibility index (Phi) is 10.6. The summed E-state index contributed by atoms with van der Waals surface area (Å²) in [4.78, 5) is 4.61. The quantitative estimate of drug-likeness (QED) is 0.268. The molecule has 0 amide bonds. The molecule has 0 spiro atoms. The molecule has 3 N–H and O–H groups in total. The van der Waals surface area contributed by atoms with Gasteiger partial charge in [-0.1, -0.05) is 6.07 Å². The molecule has 0 fully saturated rings. The van der Waals surface area contributed by atoms with Gasteiger partial charge in [0.1, 0.15) is 5.60 Å². The molecule has 156 valence electrons. The third kappa shape index (κ3) is 7.14. The standard InChI is InChI=1S/C20H29N3O3S.HI/c1-5-21-19(23-14-20(3,24)16-9-10-27-13-16)22-12-15-7-8-17(26-6-2)18(11-15)25-4;/h7-11,13,24H,5-6,12,14H2,1-4H3,(H2,21,22,23);1H. The van der Waals surface area contributed by atoms with Crippen LogP contribution in [0.25, 0.3) is 0 Å². The van der Waals surface area contributed by atoms with E-state index in [9.17, 15) is 5.11 Å². The number of nitrogens with one attached hydrogen (secondary N) is 2. The predicted octanol–water partition coefficient (Wildman–Crippen LogP) is 3.74. The van der Waals surface area contributed by atoms with Crippen molar-refractivity contribution >= 4 is 41.3 Å². The van der Waals surface area contributed by atoms with E-state index >= 15 is 0 Å². The van der Waals surface area contributed by atoms with Gasteiger partial charge in [-0.3, -0.25) is 0 Å². The highest BCUT2D eigenvalue weighted by Gasteiger charge is 2.23. The molecular formula is C20H30IN3O3S. The number of nitrogens with zero attached hydrogens (tertiary/aromatic N) is 1. The van der Waals surface area contributed by atoms with Gasteiger partial charge in [-0.05, 0) is 60.9 Å². The van der Waals surface area contributed by atoms with Gasteiger partial charge in [0.05, 0.1) is 26.8 Å². The molecule has 1 unspecified atom stereocenters. The van der Waals surface area contributed by atoms with Crippen molar-refractivity contribution in [3.63, 3.8) is 0 Å². The van der Waals surface area contributed by atoms with E-state index < -0.39 is 5.60 Å². The Labute approximate surface area is 188 Å². The number of methoxy groups -OCH3 is 1. The fraction of sp³-hybridized carbons (Fsp3) is 0.450. The number of halogens is 1. The van der Waals surface area contributed by atoms with Crippen molar-refractivity contribution in [3.8, 4) is 11.5 Å². The second-order valence-electron chi connectivity index (χ2n) is 6.25. The molecule has 0 aliphatic carbocycles. The summed E-state index contributed by atoms with van der Waals surface area (Å²) in [6.45, 7) is 7.92. The number of hydrogen-bond donors (Lipinski definition) is 3. The van der Waals surface area contributed by atoms with Crippen molar-refractivity contribution in [2.24, 2.45) is 4.99 Å². The van der Waals surface area contributed by atoms with Crippen LogP contribution in [0.4, 0.5) is 0 Å². The molecule has 0 bridgehead atoms. The highest BCUT2D eigenvalue weighted by molar-refractivity contribution is 14.0. The van der Waals surface area contributed by atoms with E-state index in [1.807, 2.05) is 48.9 Å². The van der Waals surface area contributed by atoms with E-state index in [2.05, 4.69) is 15.6 Å². The molecule has 0 saturated heterocycles. The van der Waals surface area contributed by atoms with Crippen LogP contribution in [0.1, 0.15) is 31.9 Å². The molecule has 6 nitrogen and oxygen atoms in total. The third-order valence-electron chi connectivity index (χ3n) is 4.03. The zero-order valence-electron chi connectivity index (χ0n) is 16.8. The minimum atomic E-state index is -0.960. The molecule has 1 aromatic heterocycles. The fourth-order valence-electron chi connectivity index (χ4n) is 2.53. The number of aliphatic hydroxyl groups is 1. The lowest BCUT2D eigenvalue weighted by atomic mass is 9.99. The van der Waals surface area contributed by atoms with E-state index in [4.69, 9.17) is 9.47 Å². The van der Waals surface area contributed by atoms with Gasteiger partial charge in [0.2, 0.25) is 0 Å². The summed E-state index contributed by atoms with van der Waals surface area (Å²) >= 11 is 1.57. The van der Waals surface area contributed by atoms with Gasteiger partial charge in [-0.15, -0.1) is 24.0 Å². The Morgan fingerprint density at radius 1 is 1.21 bits per heavy atom. The Hall–Kier alpha value is -1.52. The number of aliphatic imine (C=N–C) groups is 1. The van der Waals surface area contributed by atoms with Crippen LogP contribution in [-0.2, 0) is 12.1 Å². The molecule has 28 heavy (non-hydrogen) atoms. The predicted molar refractivity (Wildman–Crippen MR) is 126 cm³/mol. The van der Waals surface area contributed by atoms with Gasteiger partial charge < -0.3 is 25.2 Å². The van der Waals surface area contributed by atoms with Crippen LogP contribution in [-0.4, -0.2) is 37.9 Å². The maximum absolute atomic E-state index is 10.7. The Morgan fingerprint density at radius 3 is 2.61 bits per heavy atom. The second-order valence-corrected chi connectivity index (χ2v) is 7.03. The van der Waals surface area contributed by atoms with Crippen molar-refractivity contribution < 1.29 is 14.6 Å². The number of guanidine groups is 1. The number of rotatable bonds is 9. The molecule has 0 aliphatic heterocycles. The van der Waals surface area contributed by atoms with Gasteiger partial charge in [-0.2, -0.15) is 11.3 Å². The summed E-state index contributed by atoms with van der Waals surface area (Å²) in [5.74, 6) is 2.08. The highest BCUT2D eigenvalue weighted by Crippen LogP contribution is 2.28. The average Bonchev–Trinajstić information content (AvgIpc) is 3.21. The third-order valence-corrected chi connectivity index (χ3v) is 4.72. The second kappa shape index (κ2) is 12.1. The van der Waals surface area contributed by atoms with Crippen molar-refractivity contribution in [2.75, 3.05) is 26.8 Å². The molecule has 0 radical (unpaired) electrons. The summed E-state index contributed by atoms with van der Waals surface area (Å²) < 4.78 is 10.9. The molecule has 0 aliphatic rings. The van der Waals surface area contributed by atoms with Crippen molar-refractivity contribution in [1.82, 2.24) is 10.6 Å². The monoisotopic (exact) mass is 519 g/mol. The molecule has 2 aromatic rings. The number of benzene rings is 1. The molecule has 0 saturated carbocycles. The SMILES string of the molecule is CCNC(=NCc1ccc(OCC)c(OC)c1)NCC(C)(O)c1ccsc1.I. The lowest BCUT2D eigenvalue weighted by molar-refractivity contribution is 0.0621. The number of ether oxygens (including phenoxy) is 2. The van der Waals surface area contributed by atoms with Crippen LogP contribution in [0, 0.1) is 0 Å². The largest absolute Gasteiger partial charge is 0.493 e. The van der Waals surface area contributed by atoms with Crippen LogP contribution in [0.3, 0.4) is 0 Å². The van der Waals surface area contributed by atoms with Gasteiger partial charge >= 0.3 is 0 Å². The summed E-state index contributed by atoms with van der Waals surface area (Å²) in [7, 11) is 1.63. The molecule has 1 aromatic carbocycles. The summed E-state index contributed by atoms with van der Waals surface area (Å²) in [6.07, 6.45) is 0. The zero-order chi connectivity index (χ0) is 19.7. The molecule has 1 atom stereocenters. The van der Waals surface area contributed by atoms with Crippen molar-refractivity contribution in [2.45, 2.75) is 32.9 Å². The number of thiophene rings is 1. The number of hydrogen-bond acceptors (Lipinski definition) is 5. The first-order chi connectivity index (χ1) is 13.0. The zero-order valence-corrected chi connectivity index (χ0v) is 20.0. The van der Waals surface area contributed by atoms with E-state index in [0.29, 0.717) is 31.4 Å². The summed E-state index contributed by atoms with van der Waals surface area (Å²) in [6, 6.07) is 7.74. The fourth-order valence-corrected chi connectivity index (χ4v) is 3.31. The van der Waals surface area contributed by atoms with E-state index in [1.54, 1.807) is 25.4 Å². The minimum Gasteiger partial charge on any atom is -0.493 e. The molecular weight excluding hydrogens is 489 g/mol. The lowest BCUT2D eigenvalue weighted by Crippen LogP contribution is -2.44. The Balaban J connectivity index is 0.00000392. The first-order valence-corrected chi connectivity index (χ1v) is 10.0. The topological polar surface area (TPSA) is 75.1 Å². The normalized spacial score (nSPS) is 13.2. The minimum absolute atomic E-state index is 0. The first-order valence-electron chi connectivity index (χ1n) is 9.07. The highest BCUT2D eigenvalue weighted by atomic mass is 127. The van der Waals surface area contributed by atoms with E-state index in [-0.39, 0.29) is 24.0 Å².